The van der Waals surface area contributed by atoms with Crippen molar-refractivity contribution in [3.63, 3.8) is 0 Å². The summed E-state index contributed by atoms with van der Waals surface area (Å²) in [4.78, 5) is 0. The number of hydrogen-bond donors (Lipinski definition) is 0. The average molecular weight is 178 g/mol. The molecule has 0 saturated heterocycles. The van der Waals surface area contributed by atoms with E-state index in [1.54, 1.807) is 18.3 Å². The number of hydrogen-bond acceptors (Lipinski definition) is 3. The van der Waals surface area contributed by atoms with E-state index in [4.69, 9.17) is 4.74 Å². The Labute approximate surface area is 78.6 Å². The highest BCUT2D eigenvalue weighted by Gasteiger charge is 1.90. The van der Waals surface area contributed by atoms with Crippen molar-refractivity contribution in [3.05, 3.63) is 29.8 Å². The van der Waals surface area contributed by atoms with Gasteiger partial charge in [0, 0.05) is 14.1 Å². The predicted octanol–water partition coefficient (Wildman–Crippen LogP) is 1.59. The molecule has 0 radical (unpaired) electrons. The van der Waals surface area contributed by atoms with Gasteiger partial charge < -0.3 is 9.75 Å². The fraction of sp³-hybridized carbons (Fsp3) is 0.300. The maximum Gasteiger partial charge on any atom is 0.118 e. The summed E-state index contributed by atoms with van der Waals surface area (Å²) >= 11 is 0. The van der Waals surface area contributed by atoms with Crippen LogP contribution in [0.1, 0.15) is 5.56 Å². The maximum absolute atomic E-state index is 5.04. The molecule has 1 aromatic rings. The molecule has 0 atom stereocenters. The van der Waals surface area contributed by atoms with Gasteiger partial charge in [0.05, 0.1) is 13.3 Å². The average Bonchev–Trinajstić information content (AvgIpc) is 2.15. The lowest BCUT2D eigenvalue weighted by molar-refractivity contribution is 0.415. The van der Waals surface area contributed by atoms with Gasteiger partial charge in [-0.15, -0.1) is 0 Å². The Morgan fingerprint density at radius 1 is 1.23 bits per heavy atom. The molecule has 70 valence electrons. The molecule has 0 aliphatic carbocycles. The van der Waals surface area contributed by atoms with Gasteiger partial charge >= 0.3 is 0 Å². The summed E-state index contributed by atoms with van der Waals surface area (Å²) in [5.41, 5.74) is 1.06. The van der Waals surface area contributed by atoms with E-state index < -0.39 is 0 Å². The van der Waals surface area contributed by atoms with Gasteiger partial charge in [0.15, 0.2) is 0 Å². The Kier molecular flexibility index (Phi) is 3.31. The van der Waals surface area contributed by atoms with Gasteiger partial charge in [0.1, 0.15) is 5.75 Å². The molecule has 0 fully saturated rings. The molecule has 1 aromatic carbocycles. The first-order valence-corrected chi connectivity index (χ1v) is 4.08. The zero-order valence-electron chi connectivity index (χ0n) is 8.19. The molecular weight excluding hydrogens is 164 g/mol. The van der Waals surface area contributed by atoms with Crippen molar-refractivity contribution in [2.24, 2.45) is 5.10 Å². The van der Waals surface area contributed by atoms with Crippen molar-refractivity contribution in [3.8, 4) is 5.75 Å². The third kappa shape index (κ3) is 3.15. The molecule has 3 nitrogen and oxygen atoms in total. The normalized spacial score (nSPS) is 10.4. The standard InChI is InChI=1S/C10H14N2O/c1-12(2)11-8-9-4-6-10(13-3)7-5-9/h4-8H,1-3H3/b11-8+. The number of methoxy groups -OCH3 is 1. The second-order valence-electron chi connectivity index (χ2n) is 2.86. The van der Waals surface area contributed by atoms with E-state index >= 15 is 0 Å². The first-order valence-electron chi connectivity index (χ1n) is 4.08. The smallest absolute Gasteiger partial charge is 0.118 e. The van der Waals surface area contributed by atoms with Crippen LogP contribution in [0.2, 0.25) is 0 Å². The minimum atomic E-state index is 0.863. The van der Waals surface area contributed by atoms with Crippen LogP contribution in [0.25, 0.3) is 0 Å². The third-order valence-corrected chi connectivity index (χ3v) is 1.55. The SMILES string of the molecule is COc1ccc(/C=N/N(C)C)cc1. The van der Waals surface area contributed by atoms with E-state index in [1.165, 1.54) is 0 Å². The summed E-state index contributed by atoms with van der Waals surface area (Å²) in [6, 6.07) is 7.76. The Balaban J connectivity index is 2.69. The van der Waals surface area contributed by atoms with Gasteiger partial charge in [0.25, 0.3) is 0 Å². The van der Waals surface area contributed by atoms with E-state index in [0.29, 0.717) is 0 Å². The highest BCUT2D eigenvalue weighted by molar-refractivity contribution is 5.79. The van der Waals surface area contributed by atoms with Crippen molar-refractivity contribution < 1.29 is 4.74 Å². The summed E-state index contributed by atoms with van der Waals surface area (Å²) in [5.74, 6) is 0.863. The number of rotatable bonds is 3. The lowest BCUT2D eigenvalue weighted by atomic mass is 10.2. The van der Waals surface area contributed by atoms with E-state index in [-0.39, 0.29) is 0 Å². The maximum atomic E-state index is 5.04. The molecule has 1 rings (SSSR count). The van der Waals surface area contributed by atoms with Crippen LogP contribution >= 0.6 is 0 Å². The quantitative estimate of drug-likeness (QED) is 0.518. The fourth-order valence-corrected chi connectivity index (χ4v) is 0.872. The third-order valence-electron chi connectivity index (χ3n) is 1.55. The van der Waals surface area contributed by atoms with Crippen molar-refractivity contribution in [2.75, 3.05) is 21.2 Å². The monoisotopic (exact) mass is 178 g/mol. The van der Waals surface area contributed by atoms with Gasteiger partial charge in [-0.3, -0.25) is 0 Å². The lowest BCUT2D eigenvalue weighted by Gasteiger charge is -2.02. The molecular formula is C10H14N2O. The van der Waals surface area contributed by atoms with Gasteiger partial charge in [-0.25, -0.2) is 0 Å². The first-order chi connectivity index (χ1) is 6.22. The summed E-state index contributed by atoms with van der Waals surface area (Å²) in [7, 11) is 5.43. The second kappa shape index (κ2) is 4.50. The molecule has 0 spiro atoms. The van der Waals surface area contributed by atoms with Crippen LogP contribution in [-0.2, 0) is 0 Å². The van der Waals surface area contributed by atoms with Crippen molar-refractivity contribution in [2.45, 2.75) is 0 Å². The molecule has 0 unspecified atom stereocenters. The molecule has 0 saturated carbocycles. The topological polar surface area (TPSA) is 24.8 Å². The van der Waals surface area contributed by atoms with Gasteiger partial charge in [-0.1, -0.05) is 0 Å². The molecule has 0 aliphatic heterocycles. The van der Waals surface area contributed by atoms with Crippen LogP contribution < -0.4 is 4.74 Å². The van der Waals surface area contributed by atoms with Crippen LogP contribution in [0, 0.1) is 0 Å². The van der Waals surface area contributed by atoms with Crippen molar-refractivity contribution >= 4 is 6.21 Å². The second-order valence-corrected chi connectivity index (χ2v) is 2.86. The fourth-order valence-electron chi connectivity index (χ4n) is 0.872. The summed E-state index contributed by atoms with van der Waals surface area (Å²) in [5, 5.41) is 5.87. The van der Waals surface area contributed by atoms with E-state index in [1.807, 2.05) is 38.4 Å². The number of ether oxygens (including phenoxy) is 1. The number of benzene rings is 1. The molecule has 0 heterocycles. The van der Waals surface area contributed by atoms with Gasteiger partial charge in [-0.05, 0) is 29.8 Å². The van der Waals surface area contributed by atoms with Crippen molar-refractivity contribution in [1.82, 2.24) is 5.01 Å². The first kappa shape index (κ1) is 9.58. The molecule has 0 aliphatic rings. The zero-order valence-corrected chi connectivity index (χ0v) is 8.19. The van der Waals surface area contributed by atoms with E-state index in [9.17, 15) is 0 Å². The number of hydrazone groups is 1. The summed E-state index contributed by atoms with van der Waals surface area (Å²) in [6.45, 7) is 0. The van der Waals surface area contributed by atoms with Crippen molar-refractivity contribution in [1.29, 1.82) is 0 Å². The minimum Gasteiger partial charge on any atom is -0.497 e. The molecule has 0 N–H and O–H groups in total. The molecule has 0 bridgehead atoms. The van der Waals surface area contributed by atoms with Crippen LogP contribution in [0.3, 0.4) is 0 Å². The Morgan fingerprint density at radius 3 is 2.31 bits per heavy atom. The van der Waals surface area contributed by atoms with Crippen LogP contribution in [-0.4, -0.2) is 32.4 Å². The van der Waals surface area contributed by atoms with E-state index in [0.717, 1.165) is 11.3 Å². The Bertz CT molecular complexity index is 277. The van der Waals surface area contributed by atoms with Crippen LogP contribution in [0.15, 0.2) is 29.4 Å². The predicted molar refractivity (Wildman–Crippen MR) is 54.3 cm³/mol. The molecule has 3 heteroatoms. The summed E-state index contributed by atoms with van der Waals surface area (Å²) < 4.78 is 5.04. The Morgan fingerprint density at radius 2 is 1.85 bits per heavy atom. The Hall–Kier alpha value is -1.51. The van der Waals surface area contributed by atoms with Gasteiger partial charge in [0.2, 0.25) is 0 Å². The summed E-state index contributed by atoms with van der Waals surface area (Å²) in [6.07, 6.45) is 1.80. The zero-order chi connectivity index (χ0) is 9.68. The highest BCUT2D eigenvalue weighted by Crippen LogP contribution is 2.09. The highest BCUT2D eigenvalue weighted by atomic mass is 16.5. The lowest BCUT2D eigenvalue weighted by Crippen LogP contribution is -2.01. The molecule has 0 amide bonds. The number of nitrogens with zero attached hydrogens (tertiary/aromatic N) is 2. The van der Waals surface area contributed by atoms with E-state index in [2.05, 4.69) is 5.10 Å². The molecule has 0 aromatic heterocycles. The molecule has 13 heavy (non-hydrogen) atoms. The van der Waals surface area contributed by atoms with Crippen LogP contribution in [0.5, 0.6) is 5.75 Å². The largest absolute Gasteiger partial charge is 0.497 e. The minimum absolute atomic E-state index is 0.863. The van der Waals surface area contributed by atoms with Crippen LogP contribution in [0.4, 0.5) is 0 Å². The van der Waals surface area contributed by atoms with Gasteiger partial charge in [-0.2, -0.15) is 5.10 Å².